The van der Waals surface area contributed by atoms with Crippen LogP contribution in [0.3, 0.4) is 0 Å². The van der Waals surface area contributed by atoms with Gasteiger partial charge in [0.2, 0.25) is 0 Å². The van der Waals surface area contributed by atoms with Gasteiger partial charge in [-0.15, -0.1) is 0 Å². The lowest BCUT2D eigenvalue weighted by Gasteiger charge is -2.32. The first kappa shape index (κ1) is 11.7. The van der Waals surface area contributed by atoms with Crippen LogP contribution >= 0.6 is 0 Å². The number of carboxylic acids is 1. The van der Waals surface area contributed by atoms with E-state index >= 15 is 0 Å². The molecule has 96 valence electrons. The van der Waals surface area contributed by atoms with E-state index in [9.17, 15) is 9.90 Å². The van der Waals surface area contributed by atoms with Gasteiger partial charge in [-0.05, 0) is 37.3 Å². The fourth-order valence-corrected chi connectivity index (χ4v) is 3.86. The van der Waals surface area contributed by atoms with Crippen molar-refractivity contribution in [2.75, 3.05) is 13.6 Å². The van der Waals surface area contributed by atoms with Crippen LogP contribution in [0.5, 0.6) is 0 Å². The largest absolute Gasteiger partial charge is 0.481 e. The monoisotopic (exact) mass is 245 g/mol. The van der Waals surface area contributed by atoms with Gasteiger partial charge in [0.25, 0.3) is 0 Å². The van der Waals surface area contributed by atoms with Crippen molar-refractivity contribution in [3.8, 4) is 0 Å². The Hall–Kier alpha value is -1.35. The second-order valence-electron chi connectivity index (χ2n) is 5.72. The smallest absolute Gasteiger partial charge is 0.311 e. The molecule has 1 heterocycles. The molecule has 2 fully saturated rings. The topological polar surface area (TPSA) is 40.5 Å². The summed E-state index contributed by atoms with van der Waals surface area (Å²) in [7, 11) is 2.15. The Balaban J connectivity index is 1.87. The van der Waals surface area contributed by atoms with Crippen molar-refractivity contribution < 1.29 is 9.90 Å². The molecule has 1 aromatic carbocycles. The molecule has 0 spiro atoms. The molecule has 2 aliphatic rings. The summed E-state index contributed by atoms with van der Waals surface area (Å²) in [5, 5.41) is 9.57. The first-order chi connectivity index (χ1) is 8.66. The molecule has 3 nitrogen and oxygen atoms in total. The van der Waals surface area contributed by atoms with Crippen molar-refractivity contribution in [1.29, 1.82) is 0 Å². The molecule has 3 rings (SSSR count). The van der Waals surface area contributed by atoms with Crippen LogP contribution in [-0.4, -0.2) is 35.6 Å². The van der Waals surface area contributed by atoms with Crippen molar-refractivity contribution in [3.63, 3.8) is 0 Å². The second-order valence-corrected chi connectivity index (χ2v) is 5.72. The number of fused-ring (bicyclic) bond motifs is 2. The third kappa shape index (κ3) is 1.83. The maximum atomic E-state index is 11.6. The molecule has 1 saturated carbocycles. The molecule has 3 heteroatoms. The van der Waals surface area contributed by atoms with Gasteiger partial charge in [0.15, 0.2) is 0 Å². The van der Waals surface area contributed by atoms with Crippen molar-refractivity contribution in [2.24, 2.45) is 11.8 Å². The molecule has 1 aliphatic heterocycles. The maximum absolute atomic E-state index is 11.6. The number of hydrogen-bond donors (Lipinski definition) is 1. The van der Waals surface area contributed by atoms with Crippen LogP contribution in [0.25, 0.3) is 0 Å². The van der Waals surface area contributed by atoms with E-state index in [1.165, 1.54) is 6.42 Å². The average molecular weight is 245 g/mol. The quantitative estimate of drug-likeness (QED) is 0.887. The molecule has 2 bridgehead atoms. The Morgan fingerprint density at radius 1 is 1.33 bits per heavy atom. The van der Waals surface area contributed by atoms with E-state index in [1.807, 2.05) is 30.3 Å². The van der Waals surface area contributed by atoms with Crippen LogP contribution in [0.2, 0.25) is 0 Å². The van der Waals surface area contributed by atoms with Gasteiger partial charge >= 0.3 is 5.97 Å². The number of benzene rings is 1. The molecular weight excluding hydrogens is 226 g/mol. The van der Waals surface area contributed by atoms with E-state index in [1.54, 1.807) is 0 Å². The fraction of sp³-hybridized carbons (Fsp3) is 0.533. The van der Waals surface area contributed by atoms with Gasteiger partial charge in [0.05, 0.1) is 5.92 Å². The first-order valence-electron chi connectivity index (χ1n) is 6.65. The summed E-state index contributed by atoms with van der Waals surface area (Å²) in [6.45, 7) is 1.06. The van der Waals surface area contributed by atoms with Crippen molar-refractivity contribution in [3.05, 3.63) is 35.9 Å². The minimum absolute atomic E-state index is 0.311. The SMILES string of the molecule is CN1CC2CC1CC2C(C(=O)O)c1ccccc1. The summed E-state index contributed by atoms with van der Waals surface area (Å²) in [5.74, 6) is -0.122. The molecule has 1 aliphatic carbocycles. The van der Waals surface area contributed by atoms with E-state index in [0.717, 1.165) is 18.5 Å². The van der Waals surface area contributed by atoms with Gasteiger partial charge in [-0.1, -0.05) is 30.3 Å². The van der Waals surface area contributed by atoms with Crippen molar-refractivity contribution >= 4 is 5.97 Å². The summed E-state index contributed by atoms with van der Waals surface area (Å²) < 4.78 is 0. The zero-order chi connectivity index (χ0) is 12.7. The Labute approximate surface area is 107 Å². The molecule has 0 aromatic heterocycles. The Kier molecular flexibility index (Phi) is 2.86. The lowest BCUT2D eigenvalue weighted by atomic mass is 9.78. The summed E-state index contributed by atoms with van der Waals surface area (Å²) in [4.78, 5) is 14.0. The predicted octanol–water partition coefficient (Wildman–Crippen LogP) is 2.20. The molecule has 1 aromatic rings. The summed E-state index contributed by atoms with van der Waals surface area (Å²) in [5.41, 5.74) is 0.963. The average Bonchev–Trinajstić information content (AvgIpc) is 2.89. The molecule has 1 N–H and O–H groups in total. The predicted molar refractivity (Wildman–Crippen MR) is 69.5 cm³/mol. The maximum Gasteiger partial charge on any atom is 0.311 e. The van der Waals surface area contributed by atoms with Crippen LogP contribution in [0.4, 0.5) is 0 Å². The number of piperidine rings is 1. The van der Waals surface area contributed by atoms with Crippen LogP contribution < -0.4 is 0 Å². The lowest BCUT2D eigenvalue weighted by Crippen LogP contribution is -2.36. The van der Waals surface area contributed by atoms with Crippen LogP contribution in [0, 0.1) is 11.8 Å². The standard InChI is InChI=1S/C15H19NO2/c1-16-9-11-7-12(16)8-13(11)14(15(17)18)10-5-3-2-4-6-10/h2-6,11-14H,7-9H2,1H3,(H,17,18). The normalized spacial score (nSPS) is 32.6. The van der Waals surface area contributed by atoms with E-state index in [0.29, 0.717) is 17.9 Å². The Morgan fingerprint density at radius 2 is 2.06 bits per heavy atom. The number of hydrogen-bond acceptors (Lipinski definition) is 2. The molecule has 4 atom stereocenters. The Bertz CT molecular complexity index is 443. The van der Waals surface area contributed by atoms with Crippen molar-refractivity contribution in [2.45, 2.75) is 24.8 Å². The highest BCUT2D eigenvalue weighted by molar-refractivity contribution is 5.76. The van der Waals surface area contributed by atoms with E-state index in [-0.39, 0.29) is 5.92 Å². The molecule has 0 amide bonds. The molecular formula is C15H19NO2. The van der Waals surface area contributed by atoms with Crippen LogP contribution in [0.15, 0.2) is 30.3 Å². The number of carboxylic acid groups (broad SMARTS) is 1. The third-order valence-corrected chi connectivity index (χ3v) is 4.72. The van der Waals surface area contributed by atoms with Gasteiger partial charge in [-0.25, -0.2) is 0 Å². The van der Waals surface area contributed by atoms with Crippen molar-refractivity contribution in [1.82, 2.24) is 4.90 Å². The number of rotatable bonds is 3. The molecule has 0 radical (unpaired) electrons. The highest BCUT2D eigenvalue weighted by Gasteiger charge is 2.48. The van der Waals surface area contributed by atoms with Gasteiger partial charge < -0.3 is 10.0 Å². The first-order valence-corrected chi connectivity index (χ1v) is 6.65. The zero-order valence-corrected chi connectivity index (χ0v) is 10.6. The highest BCUT2D eigenvalue weighted by atomic mass is 16.4. The van der Waals surface area contributed by atoms with Crippen LogP contribution in [-0.2, 0) is 4.79 Å². The lowest BCUT2D eigenvalue weighted by molar-refractivity contribution is -0.140. The number of likely N-dealkylation sites (tertiary alicyclic amines) is 1. The zero-order valence-electron chi connectivity index (χ0n) is 10.6. The van der Waals surface area contributed by atoms with Gasteiger partial charge in [-0.2, -0.15) is 0 Å². The Morgan fingerprint density at radius 3 is 2.56 bits per heavy atom. The van der Waals surface area contributed by atoms with Gasteiger partial charge in [0.1, 0.15) is 0 Å². The summed E-state index contributed by atoms with van der Waals surface area (Å²) in [6, 6.07) is 10.3. The summed E-state index contributed by atoms with van der Waals surface area (Å²) in [6.07, 6.45) is 2.21. The molecule has 18 heavy (non-hydrogen) atoms. The molecule has 1 saturated heterocycles. The fourth-order valence-electron chi connectivity index (χ4n) is 3.86. The van der Waals surface area contributed by atoms with E-state index < -0.39 is 5.97 Å². The number of carbonyl (C=O) groups is 1. The summed E-state index contributed by atoms with van der Waals surface area (Å²) >= 11 is 0. The minimum Gasteiger partial charge on any atom is -0.481 e. The second kappa shape index (κ2) is 4.39. The minimum atomic E-state index is -0.665. The van der Waals surface area contributed by atoms with Crippen LogP contribution in [0.1, 0.15) is 24.3 Å². The van der Waals surface area contributed by atoms with E-state index in [2.05, 4.69) is 11.9 Å². The van der Waals surface area contributed by atoms with E-state index in [4.69, 9.17) is 0 Å². The highest BCUT2D eigenvalue weighted by Crippen LogP contribution is 2.47. The van der Waals surface area contributed by atoms with Gasteiger partial charge in [-0.3, -0.25) is 4.79 Å². The number of nitrogens with zero attached hydrogens (tertiary/aromatic N) is 1. The van der Waals surface area contributed by atoms with Gasteiger partial charge in [0, 0.05) is 12.6 Å². The third-order valence-electron chi connectivity index (χ3n) is 4.72. The molecule has 4 unspecified atom stereocenters. The number of aliphatic carboxylic acids is 1.